The molecule has 0 unspecified atom stereocenters. The third-order valence-corrected chi connectivity index (χ3v) is 4.26. The minimum Gasteiger partial charge on any atom is -0.463 e. The summed E-state index contributed by atoms with van der Waals surface area (Å²) in [5.74, 6) is 0.636. The number of carbonyl (C=O) groups excluding carboxylic acids is 1. The van der Waals surface area contributed by atoms with Crippen molar-refractivity contribution >= 4 is 11.7 Å². The molecule has 1 aliphatic rings. The Balaban J connectivity index is 1.56. The molecule has 2 aromatic rings. The first-order chi connectivity index (χ1) is 11.2. The summed E-state index contributed by atoms with van der Waals surface area (Å²) in [4.78, 5) is 16.2. The number of piperazine rings is 1. The number of ether oxygens (including phenoxy) is 1. The molecule has 1 aliphatic heterocycles. The van der Waals surface area contributed by atoms with Crippen molar-refractivity contribution < 1.29 is 13.9 Å². The second-order valence-electron chi connectivity index (χ2n) is 5.81. The largest absolute Gasteiger partial charge is 0.463 e. The zero-order valence-corrected chi connectivity index (χ0v) is 13.6. The van der Waals surface area contributed by atoms with E-state index < -0.39 is 5.97 Å². The first kappa shape index (κ1) is 15.6. The summed E-state index contributed by atoms with van der Waals surface area (Å²) in [6.45, 7) is 6.81. The Bertz CT molecular complexity index is 672. The molecule has 0 amide bonds. The van der Waals surface area contributed by atoms with E-state index >= 15 is 0 Å². The summed E-state index contributed by atoms with van der Waals surface area (Å²) in [6.07, 6.45) is 0. The molecule has 5 nitrogen and oxygen atoms in total. The molecule has 1 saturated heterocycles. The second-order valence-corrected chi connectivity index (χ2v) is 5.81. The van der Waals surface area contributed by atoms with Crippen LogP contribution in [0.3, 0.4) is 0 Å². The molecule has 1 aromatic carbocycles. The van der Waals surface area contributed by atoms with Crippen LogP contribution >= 0.6 is 0 Å². The van der Waals surface area contributed by atoms with Crippen LogP contribution in [0.5, 0.6) is 0 Å². The molecule has 5 heteroatoms. The molecule has 122 valence electrons. The van der Waals surface area contributed by atoms with Gasteiger partial charge in [0.2, 0.25) is 5.76 Å². The molecule has 0 saturated carbocycles. The highest BCUT2D eigenvalue weighted by atomic mass is 16.5. The van der Waals surface area contributed by atoms with Crippen LogP contribution in [0, 0.1) is 6.92 Å². The Morgan fingerprint density at radius 1 is 1.13 bits per heavy atom. The van der Waals surface area contributed by atoms with Gasteiger partial charge in [-0.05, 0) is 30.7 Å². The fourth-order valence-corrected chi connectivity index (χ4v) is 2.96. The van der Waals surface area contributed by atoms with Crippen molar-refractivity contribution in [3.05, 3.63) is 53.5 Å². The van der Waals surface area contributed by atoms with Gasteiger partial charge in [0.15, 0.2) is 0 Å². The summed E-state index contributed by atoms with van der Waals surface area (Å²) < 4.78 is 10.2. The quantitative estimate of drug-likeness (QED) is 0.812. The molecule has 0 radical (unpaired) electrons. The van der Waals surface area contributed by atoms with Crippen LogP contribution in [0.2, 0.25) is 0 Å². The van der Waals surface area contributed by atoms with Crippen molar-refractivity contribution in [2.45, 2.75) is 13.5 Å². The van der Waals surface area contributed by atoms with Crippen molar-refractivity contribution in [3.8, 4) is 0 Å². The number of hydrogen-bond donors (Lipinski definition) is 0. The topological polar surface area (TPSA) is 45.9 Å². The fraction of sp³-hybridized carbons (Fsp3) is 0.389. The number of carbonyl (C=O) groups is 1. The maximum absolute atomic E-state index is 11.4. The number of anilines is 1. The van der Waals surface area contributed by atoms with E-state index in [9.17, 15) is 4.79 Å². The molecule has 1 fully saturated rings. The van der Waals surface area contributed by atoms with Crippen molar-refractivity contribution in [2.75, 3.05) is 38.2 Å². The van der Waals surface area contributed by atoms with Gasteiger partial charge in [-0.15, -0.1) is 0 Å². The third-order valence-electron chi connectivity index (χ3n) is 4.26. The van der Waals surface area contributed by atoms with Crippen molar-refractivity contribution in [1.82, 2.24) is 4.90 Å². The predicted octanol–water partition coefficient (Wildman–Crippen LogP) is 2.70. The van der Waals surface area contributed by atoms with E-state index in [1.165, 1.54) is 18.4 Å². The van der Waals surface area contributed by atoms with E-state index in [0.717, 1.165) is 38.5 Å². The van der Waals surface area contributed by atoms with Crippen LogP contribution in [0.25, 0.3) is 0 Å². The van der Waals surface area contributed by atoms with Gasteiger partial charge in [-0.1, -0.05) is 18.2 Å². The number of nitrogens with zero attached hydrogens (tertiary/aromatic N) is 2. The van der Waals surface area contributed by atoms with E-state index in [0.29, 0.717) is 0 Å². The maximum Gasteiger partial charge on any atom is 0.373 e. The summed E-state index contributed by atoms with van der Waals surface area (Å²) in [6, 6.07) is 12.0. The number of aryl methyl sites for hydroxylation is 1. The van der Waals surface area contributed by atoms with E-state index in [-0.39, 0.29) is 5.76 Å². The summed E-state index contributed by atoms with van der Waals surface area (Å²) >= 11 is 0. The molecule has 3 rings (SSSR count). The van der Waals surface area contributed by atoms with E-state index in [4.69, 9.17) is 4.42 Å². The number of rotatable bonds is 4. The highest BCUT2D eigenvalue weighted by Gasteiger charge is 2.20. The first-order valence-electron chi connectivity index (χ1n) is 7.87. The van der Waals surface area contributed by atoms with Gasteiger partial charge >= 0.3 is 5.97 Å². The lowest BCUT2D eigenvalue weighted by Crippen LogP contribution is -2.46. The van der Waals surface area contributed by atoms with Crippen LogP contribution in [0.4, 0.5) is 5.69 Å². The first-order valence-corrected chi connectivity index (χ1v) is 7.87. The Morgan fingerprint density at radius 3 is 2.57 bits per heavy atom. The highest BCUT2D eigenvalue weighted by Crippen LogP contribution is 2.21. The van der Waals surface area contributed by atoms with Gasteiger partial charge in [-0.2, -0.15) is 0 Å². The highest BCUT2D eigenvalue weighted by molar-refractivity contribution is 5.86. The van der Waals surface area contributed by atoms with Gasteiger partial charge in [0, 0.05) is 31.9 Å². The predicted molar refractivity (Wildman–Crippen MR) is 88.7 cm³/mol. The molecular formula is C18H22N2O3. The number of hydrogen-bond acceptors (Lipinski definition) is 5. The standard InChI is InChI=1S/C18H22N2O3/c1-14-5-3-4-6-16(14)20-11-9-19(10-12-20)13-15-7-8-17(23-15)18(21)22-2/h3-8H,9-13H2,1-2H3. The molecule has 0 N–H and O–H groups in total. The van der Waals surface area contributed by atoms with Gasteiger partial charge in [0.1, 0.15) is 5.76 Å². The van der Waals surface area contributed by atoms with Crippen LogP contribution in [0.1, 0.15) is 21.9 Å². The van der Waals surface area contributed by atoms with E-state index in [1.54, 1.807) is 6.07 Å². The number of benzene rings is 1. The van der Waals surface area contributed by atoms with Crippen LogP contribution < -0.4 is 4.90 Å². The van der Waals surface area contributed by atoms with Gasteiger partial charge in [0.05, 0.1) is 13.7 Å². The molecule has 0 spiro atoms. The Morgan fingerprint density at radius 2 is 1.87 bits per heavy atom. The Labute approximate surface area is 136 Å². The summed E-state index contributed by atoms with van der Waals surface area (Å²) in [5, 5.41) is 0. The van der Waals surface area contributed by atoms with Crippen molar-refractivity contribution in [1.29, 1.82) is 0 Å². The number of para-hydroxylation sites is 1. The number of esters is 1. The average Bonchev–Trinajstić information content (AvgIpc) is 3.04. The van der Waals surface area contributed by atoms with Gasteiger partial charge in [0.25, 0.3) is 0 Å². The van der Waals surface area contributed by atoms with Crippen molar-refractivity contribution in [3.63, 3.8) is 0 Å². The monoisotopic (exact) mass is 314 g/mol. The number of furan rings is 1. The lowest BCUT2D eigenvalue weighted by molar-refractivity contribution is 0.0561. The molecule has 2 heterocycles. The third kappa shape index (κ3) is 3.56. The molecule has 0 aliphatic carbocycles. The van der Waals surface area contributed by atoms with Crippen LogP contribution in [-0.2, 0) is 11.3 Å². The van der Waals surface area contributed by atoms with Gasteiger partial charge in [-0.25, -0.2) is 4.79 Å². The average molecular weight is 314 g/mol. The minimum absolute atomic E-state index is 0.265. The molecule has 23 heavy (non-hydrogen) atoms. The number of methoxy groups -OCH3 is 1. The van der Waals surface area contributed by atoms with E-state index in [2.05, 4.69) is 45.7 Å². The summed E-state index contributed by atoms with van der Waals surface area (Å²) in [7, 11) is 1.36. The van der Waals surface area contributed by atoms with E-state index in [1.807, 2.05) is 6.07 Å². The summed E-state index contributed by atoms with van der Waals surface area (Å²) in [5.41, 5.74) is 2.63. The van der Waals surface area contributed by atoms with Crippen LogP contribution in [0.15, 0.2) is 40.8 Å². The SMILES string of the molecule is COC(=O)c1ccc(CN2CCN(c3ccccc3C)CC2)o1. The Kier molecular flexibility index (Phi) is 4.67. The lowest BCUT2D eigenvalue weighted by Gasteiger charge is -2.36. The minimum atomic E-state index is -0.430. The lowest BCUT2D eigenvalue weighted by atomic mass is 10.1. The molecular weight excluding hydrogens is 292 g/mol. The van der Waals surface area contributed by atoms with Gasteiger partial charge in [-0.3, -0.25) is 4.90 Å². The fourth-order valence-electron chi connectivity index (χ4n) is 2.96. The molecule has 0 atom stereocenters. The molecule has 0 bridgehead atoms. The van der Waals surface area contributed by atoms with Gasteiger partial charge < -0.3 is 14.1 Å². The maximum atomic E-state index is 11.4. The zero-order chi connectivity index (χ0) is 16.2. The normalized spacial score (nSPS) is 15.7. The second kappa shape index (κ2) is 6.87. The smallest absolute Gasteiger partial charge is 0.373 e. The Hall–Kier alpha value is -2.27. The molecule has 1 aromatic heterocycles. The van der Waals surface area contributed by atoms with Crippen molar-refractivity contribution in [2.24, 2.45) is 0 Å². The zero-order valence-electron chi connectivity index (χ0n) is 13.6. The van der Waals surface area contributed by atoms with Crippen LogP contribution in [-0.4, -0.2) is 44.2 Å².